The van der Waals surface area contributed by atoms with E-state index in [2.05, 4.69) is 124 Å². The molecule has 2 aliphatic heterocycles. The van der Waals surface area contributed by atoms with Crippen molar-refractivity contribution in [3.8, 4) is 0 Å². The number of fused-ring (bicyclic) bond motifs is 10. The molecule has 10 rings (SSSR count). The summed E-state index contributed by atoms with van der Waals surface area (Å²) < 4.78 is 41.8. The van der Waals surface area contributed by atoms with Crippen LogP contribution in [0.5, 0.6) is 0 Å². The minimum atomic E-state index is -0.331. The zero-order valence-electron chi connectivity index (χ0n) is 31.6. The Bertz CT molecular complexity index is 2870. The molecule has 54 heavy (non-hydrogen) atoms. The van der Waals surface area contributed by atoms with Crippen LogP contribution in [0.25, 0.3) is 32.8 Å². The Labute approximate surface area is 314 Å². The summed E-state index contributed by atoms with van der Waals surface area (Å²) in [6.45, 7) is 12.6. The summed E-state index contributed by atoms with van der Waals surface area (Å²) in [6, 6.07) is 36.1. The lowest BCUT2D eigenvalue weighted by Gasteiger charge is -2.44. The van der Waals surface area contributed by atoms with Gasteiger partial charge in [0.1, 0.15) is 11.6 Å². The van der Waals surface area contributed by atoms with E-state index in [1.807, 2.05) is 36.4 Å². The predicted octanol–water partition coefficient (Wildman–Crippen LogP) is 11.0. The number of rotatable bonds is 2. The molecule has 0 aliphatic carbocycles. The number of anilines is 6. The average Bonchev–Trinajstić information content (AvgIpc) is 3.74. The molecule has 7 heteroatoms. The molecule has 0 N–H and O–H groups in total. The van der Waals surface area contributed by atoms with Crippen LogP contribution in [0.4, 0.5) is 42.9 Å². The highest BCUT2D eigenvalue weighted by atomic mass is 19.1. The molecule has 4 nitrogen and oxygen atoms in total. The third kappa shape index (κ3) is 4.47. The largest absolute Gasteiger partial charge is 0.462 e. The van der Waals surface area contributed by atoms with Gasteiger partial charge in [0.15, 0.2) is 5.58 Å². The number of aromatic nitrogens is 1. The first-order valence-corrected chi connectivity index (χ1v) is 18.7. The first kappa shape index (κ1) is 32.8. The minimum Gasteiger partial charge on any atom is -0.462 e. The zero-order chi connectivity index (χ0) is 37.4. The second kappa shape index (κ2) is 11.1. The Hall–Kier alpha value is -5.82. The van der Waals surface area contributed by atoms with Gasteiger partial charge in [-0.05, 0) is 99.0 Å². The van der Waals surface area contributed by atoms with Crippen LogP contribution in [0, 0.1) is 11.6 Å². The van der Waals surface area contributed by atoms with Crippen LogP contribution in [-0.4, -0.2) is 11.3 Å². The molecule has 8 aromatic rings. The molecule has 0 fully saturated rings. The Morgan fingerprint density at radius 2 is 1.20 bits per heavy atom. The number of hydrogen-bond acceptors (Lipinski definition) is 3. The smallest absolute Gasteiger partial charge is 0.253 e. The van der Waals surface area contributed by atoms with Gasteiger partial charge in [-0.2, -0.15) is 0 Å². The summed E-state index contributed by atoms with van der Waals surface area (Å²) in [5, 5.41) is 3.18. The molecule has 6 aromatic carbocycles. The fourth-order valence-electron chi connectivity index (χ4n) is 8.99. The van der Waals surface area contributed by atoms with Crippen LogP contribution in [0.3, 0.4) is 0 Å². The number of halogens is 2. The van der Waals surface area contributed by atoms with Crippen LogP contribution in [0.2, 0.25) is 0 Å². The van der Waals surface area contributed by atoms with Gasteiger partial charge in [0.05, 0.1) is 23.3 Å². The van der Waals surface area contributed by atoms with E-state index in [0.717, 1.165) is 77.5 Å². The van der Waals surface area contributed by atoms with Crippen LogP contribution < -0.4 is 26.2 Å². The van der Waals surface area contributed by atoms with Crippen molar-refractivity contribution in [1.82, 2.24) is 4.57 Å². The van der Waals surface area contributed by atoms with Gasteiger partial charge in [-0.15, -0.1) is 0 Å². The number of benzene rings is 6. The molecule has 2 aromatic heterocycles. The van der Waals surface area contributed by atoms with Crippen LogP contribution in [0.1, 0.15) is 52.7 Å². The summed E-state index contributed by atoms with van der Waals surface area (Å²) in [5.74, 6) is -0.640. The van der Waals surface area contributed by atoms with Gasteiger partial charge in [-0.1, -0.05) is 90.1 Å². The van der Waals surface area contributed by atoms with Crippen LogP contribution in [0.15, 0.2) is 120 Å². The number of aryl methyl sites for hydroxylation is 1. The maximum atomic E-state index is 16.6. The Morgan fingerprint density at radius 3 is 1.89 bits per heavy atom. The molecule has 0 atom stereocenters. The monoisotopic (exact) mass is 711 g/mol. The number of para-hydroxylation sites is 1. The van der Waals surface area contributed by atoms with E-state index >= 15 is 8.78 Å². The van der Waals surface area contributed by atoms with E-state index < -0.39 is 0 Å². The van der Waals surface area contributed by atoms with Crippen molar-refractivity contribution in [1.29, 1.82) is 0 Å². The van der Waals surface area contributed by atoms with Crippen molar-refractivity contribution in [2.75, 3.05) is 9.80 Å². The number of nitrogens with zero attached hydrogens (tertiary/aromatic N) is 3. The molecule has 0 amide bonds. The van der Waals surface area contributed by atoms with E-state index in [0.29, 0.717) is 17.0 Å². The van der Waals surface area contributed by atoms with Gasteiger partial charge >= 0.3 is 0 Å². The average molecular weight is 712 g/mol. The predicted molar refractivity (Wildman–Crippen MR) is 222 cm³/mol. The summed E-state index contributed by atoms with van der Waals surface area (Å²) in [7, 11) is 2.11. The van der Waals surface area contributed by atoms with Crippen molar-refractivity contribution >= 4 is 90.0 Å². The summed E-state index contributed by atoms with van der Waals surface area (Å²) >= 11 is 0. The first-order chi connectivity index (χ1) is 25.8. The zero-order valence-corrected chi connectivity index (χ0v) is 31.6. The minimum absolute atomic E-state index is 0.209. The van der Waals surface area contributed by atoms with Gasteiger partial charge in [0, 0.05) is 51.3 Å². The summed E-state index contributed by atoms with van der Waals surface area (Å²) in [6.07, 6.45) is 1.71. The van der Waals surface area contributed by atoms with Gasteiger partial charge in [-0.25, -0.2) is 8.78 Å². The first-order valence-electron chi connectivity index (χ1n) is 18.7. The second-order valence-corrected chi connectivity index (χ2v) is 17.0. The number of hydrogen-bond donors (Lipinski definition) is 0. The fraction of sp³-hybridized carbons (Fsp3) is 0.191. The van der Waals surface area contributed by atoms with E-state index in [-0.39, 0.29) is 29.2 Å². The molecule has 4 heterocycles. The molecule has 0 saturated heterocycles. The van der Waals surface area contributed by atoms with Crippen molar-refractivity contribution in [3.63, 3.8) is 0 Å². The normalized spacial score (nSPS) is 13.9. The van der Waals surface area contributed by atoms with Gasteiger partial charge in [0.25, 0.3) is 6.71 Å². The molecular formula is C47H40BF2N3O. The summed E-state index contributed by atoms with van der Waals surface area (Å²) in [5.41, 5.74) is 12.0. The van der Waals surface area contributed by atoms with Crippen molar-refractivity contribution < 1.29 is 13.2 Å². The number of furan rings is 1. The highest BCUT2D eigenvalue weighted by molar-refractivity contribution is 7.02. The molecule has 0 saturated carbocycles. The fourth-order valence-corrected chi connectivity index (χ4v) is 8.99. The topological polar surface area (TPSA) is 24.6 Å². The molecule has 0 unspecified atom stereocenters. The Morgan fingerprint density at radius 1 is 0.574 bits per heavy atom. The quantitative estimate of drug-likeness (QED) is 0.167. The Kier molecular flexibility index (Phi) is 6.75. The molecular weight excluding hydrogens is 671 g/mol. The molecule has 266 valence electrons. The lowest BCUT2D eigenvalue weighted by Crippen LogP contribution is -2.61. The van der Waals surface area contributed by atoms with Crippen molar-refractivity contribution in [2.24, 2.45) is 7.05 Å². The Balaban J connectivity index is 1.39. The second-order valence-electron chi connectivity index (χ2n) is 17.0. The maximum Gasteiger partial charge on any atom is 0.253 e. The van der Waals surface area contributed by atoms with Crippen molar-refractivity contribution in [3.05, 3.63) is 138 Å². The summed E-state index contributed by atoms with van der Waals surface area (Å²) in [4.78, 5) is 4.16. The highest BCUT2D eigenvalue weighted by Crippen LogP contribution is 2.49. The van der Waals surface area contributed by atoms with Crippen molar-refractivity contribution in [2.45, 2.75) is 52.4 Å². The standard InChI is InChI=1S/C47H40BF2N3O/c1-46(2,3)28-16-19-32(49)39(25-28)52-36-13-10-14-37-42(36)48(43-38(52)22-21-35-41(43)30-11-8-9-12-34(30)51(35)7)31-18-15-27-23-24-54-45(27)44(31)53(37)40-26-29(47(4,5)6)17-20-33(40)50/h8-26H,1-7H3. The van der Waals surface area contributed by atoms with Gasteiger partial charge in [-0.3, -0.25) is 0 Å². The molecule has 2 aliphatic rings. The van der Waals surface area contributed by atoms with E-state index in [4.69, 9.17) is 4.42 Å². The SMILES string of the molecule is Cn1c2ccccc2c2c3c(ccc21)N(c1cc(C(C)(C)C)ccc1F)c1cccc2c1B3c1ccc3ccoc3c1N2c1cc(C(C)(C)C)ccc1F. The lowest BCUT2D eigenvalue weighted by atomic mass is 9.33. The van der Waals surface area contributed by atoms with Gasteiger partial charge in [0.2, 0.25) is 0 Å². The van der Waals surface area contributed by atoms with E-state index in [1.165, 1.54) is 0 Å². The highest BCUT2D eigenvalue weighted by Gasteiger charge is 2.46. The maximum absolute atomic E-state index is 16.6. The van der Waals surface area contributed by atoms with Gasteiger partial charge < -0.3 is 18.8 Å². The van der Waals surface area contributed by atoms with E-state index in [9.17, 15) is 0 Å². The third-order valence-corrected chi connectivity index (χ3v) is 11.7. The third-order valence-electron chi connectivity index (χ3n) is 11.7. The van der Waals surface area contributed by atoms with E-state index in [1.54, 1.807) is 18.4 Å². The lowest BCUT2D eigenvalue weighted by molar-refractivity contribution is 0.583. The molecule has 0 bridgehead atoms. The van der Waals surface area contributed by atoms with Crippen LogP contribution >= 0.6 is 0 Å². The molecule has 0 radical (unpaired) electrons. The van der Waals surface area contributed by atoms with Crippen LogP contribution in [-0.2, 0) is 17.9 Å². The molecule has 0 spiro atoms.